The maximum absolute atomic E-state index is 13.2. The van der Waals surface area contributed by atoms with Crippen molar-refractivity contribution in [3.05, 3.63) is 64.7 Å². The van der Waals surface area contributed by atoms with E-state index >= 15 is 0 Å². The van der Waals surface area contributed by atoms with E-state index < -0.39 is 23.8 Å². The van der Waals surface area contributed by atoms with Gasteiger partial charge >= 0.3 is 6.09 Å². The summed E-state index contributed by atoms with van der Waals surface area (Å²) in [4.78, 5) is 51.9. The van der Waals surface area contributed by atoms with Crippen LogP contribution >= 0.6 is 24.0 Å². The number of carbonyl (C=O) groups is 4. The first-order valence-electron chi connectivity index (χ1n) is 11.5. The number of methoxy groups -OCH3 is 1. The summed E-state index contributed by atoms with van der Waals surface area (Å²) in [6.07, 6.45) is -0.114. The van der Waals surface area contributed by atoms with Crippen LogP contribution in [0, 0.1) is 0 Å². The predicted octanol–water partition coefficient (Wildman–Crippen LogP) is 2.58. The van der Waals surface area contributed by atoms with E-state index in [-0.39, 0.29) is 42.1 Å². The number of alkyl carbamates (subject to hydrolysis) is 1. The van der Waals surface area contributed by atoms with Gasteiger partial charge in [0.2, 0.25) is 0 Å². The Morgan fingerprint density at radius 3 is 2.38 bits per heavy atom. The molecular weight excluding hydrogens is 516 g/mol. The van der Waals surface area contributed by atoms with Crippen molar-refractivity contribution in [2.45, 2.75) is 13.0 Å². The summed E-state index contributed by atoms with van der Waals surface area (Å²) in [6.45, 7) is 1.12. The fourth-order valence-electron chi connectivity index (χ4n) is 3.52. The van der Waals surface area contributed by atoms with E-state index in [0.717, 1.165) is 5.56 Å². The van der Waals surface area contributed by atoms with Crippen LogP contribution in [-0.2, 0) is 11.3 Å². The Bertz CT molecular complexity index is 1180. The standard InChI is InChI=1S/C25H28N4O6S2/c1-26-22(31)18-13-17(14-19(20(18)34-2)23(32)29-11-12-37-25(29)36)21(30)27-9-6-10-28-24(33)35-15-16-7-4-3-5-8-16/h3-5,7-8,13-14H,6,9-12,15H2,1-2H3,(H,26,31)(H,27,30)(H,28,33). The second-order valence-electron chi connectivity index (χ2n) is 7.85. The van der Waals surface area contributed by atoms with E-state index in [4.69, 9.17) is 21.7 Å². The molecule has 12 heteroatoms. The molecule has 37 heavy (non-hydrogen) atoms. The molecule has 3 N–H and O–H groups in total. The molecule has 0 saturated carbocycles. The minimum Gasteiger partial charge on any atom is -0.495 e. The summed E-state index contributed by atoms with van der Waals surface area (Å²) in [5.41, 5.74) is 1.13. The normalized spacial score (nSPS) is 12.6. The first-order chi connectivity index (χ1) is 17.8. The van der Waals surface area contributed by atoms with Gasteiger partial charge in [0.1, 0.15) is 16.7 Å². The van der Waals surface area contributed by atoms with Crippen LogP contribution in [0.2, 0.25) is 0 Å². The molecule has 2 aromatic carbocycles. The van der Waals surface area contributed by atoms with Crippen molar-refractivity contribution < 1.29 is 28.7 Å². The minimum atomic E-state index is -0.554. The molecule has 2 aromatic rings. The molecule has 10 nitrogen and oxygen atoms in total. The Morgan fingerprint density at radius 1 is 1.03 bits per heavy atom. The second kappa shape index (κ2) is 13.6. The van der Waals surface area contributed by atoms with Crippen LogP contribution < -0.4 is 20.7 Å². The number of thioether (sulfide) groups is 1. The quantitative estimate of drug-likeness (QED) is 0.308. The topological polar surface area (TPSA) is 126 Å². The zero-order chi connectivity index (χ0) is 26.8. The van der Waals surface area contributed by atoms with Crippen LogP contribution in [0.15, 0.2) is 42.5 Å². The van der Waals surface area contributed by atoms with Crippen LogP contribution in [0.1, 0.15) is 43.1 Å². The second-order valence-corrected chi connectivity index (χ2v) is 9.58. The Balaban J connectivity index is 1.60. The number of ether oxygens (including phenoxy) is 2. The Kier molecular flexibility index (Phi) is 10.3. The third-order valence-electron chi connectivity index (χ3n) is 5.38. The number of thiocarbonyl (C=S) groups is 1. The summed E-state index contributed by atoms with van der Waals surface area (Å²) < 4.78 is 11.0. The van der Waals surface area contributed by atoms with Gasteiger partial charge in [-0.1, -0.05) is 54.3 Å². The number of carbonyl (C=O) groups excluding carboxylic acids is 4. The van der Waals surface area contributed by atoms with E-state index in [1.807, 2.05) is 30.3 Å². The maximum Gasteiger partial charge on any atom is 0.407 e. The number of nitrogens with one attached hydrogen (secondary N) is 3. The molecular formula is C25H28N4O6S2. The Hall–Kier alpha value is -3.64. The molecule has 1 aliphatic heterocycles. The molecule has 3 rings (SSSR count). The number of nitrogens with zero attached hydrogens (tertiary/aromatic N) is 1. The van der Waals surface area contributed by atoms with Gasteiger partial charge < -0.3 is 25.4 Å². The van der Waals surface area contributed by atoms with Crippen LogP contribution in [0.3, 0.4) is 0 Å². The lowest BCUT2D eigenvalue weighted by Gasteiger charge is -2.19. The lowest BCUT2D eigenvalue weighted by atomic mass is 10.0. The predicted molar refractivity (Wildman–Crippen MR) is 144 cm³/mol. The van der Waals surface area contributed by atoms with Crippen LogP contribution in [-0.4, -0.2) is 72.6 Å². The number of benzene rings is 2. The number of amides is 4. The van der Waals surface area contributed by atoms with Crippen molar-refractivity contribution in [1.82, 2.24) is 20.9 Å². The van der Waals surface area contributed by atoms with Gasteiger partial charge in [0.05, 0.1) is 18.2 Å². The van der Waals surface area contributed by atoms with E-state index in [0.29, 0.717) is 23.0 Å². The van der Waals surface area contributed by atoms with Crippen molar-refractivity contribution >= 4 is 52.1 Å². The summed E-state index contributed by atoms with van der Waals surface area (Å²) >= 11 is 6.64. The SMILES string of the molecule is CNC(=O)c1cc(C(=O)NCCCNC(=O)OCc2ccccc2)cc(C(=O)N2CCSC2=S)c1OC. The minimum absolute atomic E-state index is 0.0570. The molecule has 196 valence electrons. The molecule has 1 fully saturated rings. The molecule has 0 aromatic heterocycles. The van der Waals surface area contributed by atoms with Gasteiger partial charge in [-0.15, -0.1) is 0 Å². The molecule has 1 saturated heterocycles. The Morgan fingerprint density at radius 2 is 1.73 bits per heavy atom. The largest absolute Gasteiger partial charge is 0.495 e. The molecule has 0 atom stereocenters. The van der Waals surface area contributed by atoms with E-state index in [1.54, 1.807) is 0 Å². The molecule has 0 radical (unpaired) electrons. The zero-order valence-corrected chi connectivity index (χ0v) is 22.1. The molecule has 1 aliphatic rings. The summed E-state index contributed by atoms with van der Waals surface area (Å²) in [5, 5.41) is 7.86. The highest BCUT2D eigenvalue weighted by atomic mass is 32.2. The van der Waals surface area contributed by atoms with Gasteiger partial charge in [0.15, 0.2) is 0 Å². The van der Waals surface area contributed by atoms with Gasteiger partial charge in [0, 0.05) is 38.0 Å². The molecule has 0 spiro atoms. The molecule has 0 unspecified atom stereocenters. The lowest BCUT2D eigenvalue weighted by Crippen LogP contribution is -2.33. The van der Waals surface area contributed by atoms with Crippen LogP contribution in [0.4, 0.5) is 4.79 Å². The molecule has 4 amide bonds. The first-order valence-corrected chi connectivity index (χ1v) is 12.9. The van der Waals surface area contributed by atoms with Gasteiger partial charge in [-0.2, -0.15) is 0 Å². The summed E-state index contributed by atoms with van der Waals surface area (Å²) in [6, 6.07) is 12.1. The fourth-order valence-corrected chi connectivity index (χ4v) is 4.73. The van der Waals surface area contributed by atoms with E-state index in [1.165, 1.54) is 43.0 Å². The highest BCUT2D eigenvalue weighted by Crippen LogP contribution is 2.30. The van der Waals surface area contributed by atoms with Gasteiger partial charge in [-0.25, -0.2) is 4.79 Å². The van der Waals surface area contributed by atoms with Gasteiger partial charge in [-0.3, -0.25) is 19.3 Å². The third kappa shape index (κ3) is 7.43. The lowest BCUT2D eigenvalue weighted by molar-refractivity contribution is 0.0858. The van der Waals surface area contributed by atoms with Crippen molar-refractivity contribution in [1.29, 1.82) is 0 Å². The fraction of sp³-hybridized carbons (Fsp3) is 0.320. The van der Waals surface area contributed by atoms with Gasteiger partial charge in [-0.05, 0) is 24.1 Å². The average Bonchev–Trinajstić information content (AvgIpc) is 3.36. The average molecular weight is 545 g/mol. The van der Waals surface area contributed by atoms with Gasteiger partial charge in [0.25, 0.3) is 17.7 Å². The number of rotatable bonds is 10. The zero-order valence-electron chi connectivity index (χ0n) is 20.5. The van der Waals surface area contributed by atoms with Crippen molar-refractivity contribution in [3.8, 4) is 5.75 Å². The highest BCUT2D eigenvalue weighted by molar-refractivity contribution is 8.23. The first kappa shape index (κ1) is 27.9. The molecule has 0 bridgehead atoms. The van der Waals surface area contributed by atoms with E-state index in [9.17, 15) is 19.2 Å². The maximum atomic E-state index is 13.2. The Labute approximate surface area is 224 Å². The smallest absolute Gasteiger partial charge is 0.407 e. The van der Waals surface area contributed by atoms with Crippen LogP contribution in [0.25, 0.3) is 0 Å². The van der Waals surface area contributed by atoms with Crippen molar-refractivity contribution in [2.24, 2.45) is 0 Å². The monoisotopic (exact) mass is 544 g/mol. The van der Waals surface area contributed by atoms with E-state index in [2.05, 4.69) is 16.0 Å². The highest BCUT2D eigenvalue weighted by Gasteiger charge is 2.30. The third-order valence-corrected chi connectivity index (χ3v) is 6.81. The van der Waals surface area contributed by atoms with Crippen molar-refractivity contribution in [2.75, 3.05) is 39.5 Å². The summed E-state index contributed by atoms with van der Waals surface area (Å²) in [5.74, 6) is -0.684. The number of hydrogen-bond donors (Lipinski definition) is 3. The van der Waals surface area contributed by atoms with Crippen LogP contribution in [0.5, 0.6) is 5.75 Å². The van der Waals surface area contributed by atoms with Crippen molar-refractivity contribution in [3.63, 3.8) is 0 Å². The molecule has 1 heterocycles. The molecule has 0 aliphatic carbocycles. The number of hydrogen-bond acceptors (Lipinski definition) is 8. The summed E-state index contributed by atoms with van der Waals surface area (Å²) in [7, 11) is 2.80.